The zero-order chi connectivity index (χ0) is 29.4. The van der Waals surface area contributed by atoms with Crippen molar-refractivity contribution < 1.29 is 22.9 Å². The lowest BCUT2D eigenvalue weighted by Gasteiger charge is -2.35. The van der Waals surface area contributed by atoms with Gasteiger partial charge in [0.25, 0.3) is 0 Å². The van der Waals surface area contributed by atoms with Gasteiger partial charge in [-0.25, -0.2) is 22.5 Å². The van der Waals surface area contributed by atoms with E-state index >= 15 is 0 Å². The second-order valence-electron chi connectivity index (χ2n) is 10.2. The number of anilines is 2. The Morgan fingerprint density at radius 1 is 1.13 bits per heavy atom. The van der Waals surface area contributed by atoms with Crippen LogP contribution in [0.1, 0.15) is 32.0 Å². The maximum absolute atomic E-state index is 14.2. The average molecular weight is 585 g/mol. The molecule has 0 spiro atoms. The molecule has 39 heavy (non-hydrogen) atoms. The van der Waals surface area contributed by atoms with Crippen molar-refractivity contribution in [2.45, 2.75) is 39.8 Å². The van der Waals surface area contributed by atoms with E-state index < -0.39 is 26.4 Å². The summed E-state index contributed by atoms with van der Waals surface area (Å²) in [6, 6.07) is 7.53. The van der Waals surface area contributed by atoms with Crippen molar-refractivity contribution in [3.8, 4) is 0 Å². The first kappa shape index (κ1) is 32.3. The maximum Gasteiger partial charge on any atom is 0.410 e. The normalized spacial score (nSPS) is 15.6. The van der Waals surface area contributed by atoms with Crippen LogP contribution in [0.4, 0.5) is 25.4 Å². The molecule has 1 saturated heterocycles. The van der Waals surface area contributed by atoms with Gasteiger partial charge in [0.05, 0.1) is 11.9 Å². The summed E-state index contributed by atoms with van der Waals surface area (Å²) in [6.07, 6.45) is 1.24. The van der Waals surface area contributed by atoms with Gasteiger partial charge in [-0.15, -0.1) is 0 Å². The second-order valence-corrected chi connectivity index (χ2v) is 13.5. The van der Waals surface area contributed by atoms with Crippen molar-refractivity contribution in [1.29, 1.82) is 0 Å². The molecule has 0 radical (unpaired) electrons. The van der Waals surface area contributed by atoms with Crippen molar-refractivity contribution in [3.63, 3.8) is 0 Å². The number of aryl methyl sites for hydroxylation is 1. The quantitative estimate of drug-likeness (QED) is 0.394. The molecule has 10 nitrogen and oxygen atoms in total. The van der Waals surface area contributed by atoms with Crippen LogP contribution in [0.25, 0.3) is 0 Å². The topological polar surface area (TPSA) is 107 Å². The summed E-state index contributed by atoms with van der Waals surface area (Å²) in [5.74, 6) is 2.76. The highest BCUT2D eigenvalue weighted by atomic mass is 35.7. The van der Waals surface area contributed by atoms with E-state index in [1.54, 1.807) is 43.4 Å². The summed E-state index contributed by atoms with van der Waals surface area (Å²) in [5, 5.41) is 5.34. The molecule has 3 rings (SSSR count). The number of nitrogens with zero attached hydrogens (tertiary/aromatic N) is 4. The summed E-state index contributed by atoms with van der Waals surface area (Å²) in [5.41, 5.74) is 1.97. The number of benzene rings is 1. The van der Waals surface area contributed by atoms with Gasteiger partial charge < -0.3 is 20.3 Å². The molecule has 3 amide bonds. The summed E-state index contributed by atoms with van der Waals surface area (Å²) in [6.45, 7) is 10.3. The average Bonchev–Trinajstić information content (AvgIpc) is 2.79. The Hall–Kier alpha value is -2.93. The van der Waals surface area contributed by atoms with Gasteiger partial charge in [-0.3, -0.25) is 9.88 Å². The zero-order valence-electron chi connectivity index (χ0n) is 23.3. The summed E-state index contributed by atoms with van der Waals surface area (Å²) >= 11 is 0. The lowest BCUT2D eigenvalue weighted by molar-refractivity contribution is 0.0139. The van der Waals surface area contributed by atoms with Gasteiger partial charge in [0.2, 0.25) is 0 Å². The zero-order valence-corrected chi connectivity index (χ0v) is 24.9. The summed E-state index contributed by atoms with van der Waals surface area (Å²) < 4.78 is 31.4. The Kier molecular flexibility index (Phi) is 11.5. The third-order valence-corrected chi connectivity index (χ3v) is 7.28. The van der Waals surface area contributed by atoms with Crippen LogP contribution in [-0.2, 0) is 20.2 Å². The number of carbonyl (C=O) groups is 2. The van der Waals surface area contributed by atoms with E-state index in [2.05, 4.69) is 26.4 Å². The minimum atomic E-state index is -2.44. The number of halogens is 2. The Morgan fingerprint density at radius 2 is 1.72 bits per heavy atom. The molecule has 2 N–H and O–H groups in total. The van der Waals surface area contributed by atoms with Crippen LogP contribution < -0.4 is 10.6 Å². The van der Waals surface area contributed by atoms with Crippen molar-refractivity contribution in [2.24, 2.45) is 0 Å². The minimum Gasteiger partial charge on any atom is -0.444 e. The molecule has 1 aliphatic rings. The summed E-state index contributed by atoms with van der Waals surface area (Å²) in [4.78, 5) is 32.4. The summed E-state index contributed by atoms with van der Waals surface area (Å²) in [7, 11) is 6.00. The van der Waals surface area contributed by atoms with E-state index in [0.29, 0.717) is 44.1 Å². The minimum absolute atomic E-state index is 0.316. The van der Waals surface area contributed by atoms with Crippen LogP contribution in [0.15, 0.2) is 36.5 Å². The predicted molar refractivity (Wildman–Crippen MR) is 156 cm³/mol. The van der Waals surface area contributed by atoms with E-state index in [4.69, 9.17) is 15.4 Å². The van der Waals surface area contributed by atoms with Crippen LogP contribution in [-0.4, -0.2) is 87.2 Å². The predicted octanol–water partition coefficient (Wildman–Crippen LogP) is 4.56. The van der Waals surface area contributed by atoms with Crippen molar-refractivity contribution in [3.05, 3.63) is 53.6 Å². The molecule has 1 aromatic heterocycles. The fourth-order valence-corrected chi connectivity index (χ4v) is 3.32. The van der Waals surface area contributed by atoms with Crippen molar-refractivity contribution in [1.82, 2.24) is 19.1 Å². The highest BCUT2D eigenvalue weighted by Crippen LogP contribution is 2.18. The number of hydrogen-bond acceptors (Lipinski definition) is 6. The number of piperazine rings is 1. The first-order chi connectivity index (χ1) is 18.0. The van der Waals surface area contributed by atoms with Crippen LogP contribution in [0, 0.1) is 12.7 Å². The molecule has 0 bridgehead atoms. The molecule has 1 unspecified atom stereocenters. The number of ether oxygens (including phenoxy) is 1. The Balaban J connectivity index is 0.000000673. The van der Waals surface area contributed by atoms with E-state index in [-0.39, 0.29) is 6.09 Å². The van der Waals surface area contributed by atoms with Gasteiger partial charge in [-0.1, -0.05) is 0 Å². The fraction of sp³-hybridized carbons (Fsp3) is 0.462. The van der Waals surface area contributed by atoms with Crippen LogP contribution >= 0.6 is 10.7 Å². The van der Waals surface area contributed by atoms with Gasteiger partial charge in [-0.2, -0.15) is 0 Å². The first-order valence-electron chi connectivity index (χ1n) is 12.3. The number of rotatable bonds is 5. The van der Waals surface area contributed by atoms with Gasteiger partial charge in [0, 0.05) is 44.1 Å². The number of nitrogens with one attached hydrogen (secondary N) is 2. The Morgan fingerprint density at radius 3 is 2.23 bits per heavy atom. The second kappa shape index (κ2) is 13.9. The number of carbonyl (C=O) groups excluding carboxylic acids is 2. The molecule has 0 saturated carbocycles. The third-order valence-electron chi connectivity index (χ3n) is 5.36. The molecular weight excluding hydrogens is 547 g/mol. The fourth-order valence-electron chi connectivity index (χ4n) is 3.32. The lowest BCUT2D eigenvalue weighted by atomic mass is 10.1. The molecule has 2 heterocycles. The van der Waals surface area contributed by atoms with Gasteiger partial charge in [0.15, 0.2) is 0 Å². The number of pyridine rings is 1. The van der Waals surface area contributed by atoms with Gasteiger partial charge in [0.1, 0.15) is 20.3 Å². The number of hydrogen-bond donors (Lipinski definition) is 2. The third kappa shape index (κ3) is 12.2. The van der Waals surface area contributed by atoms with Crippen molar-refractivity contribution in [2.75, 3.05) is 50.9 Å². The van der Waals surface area contributed by atoms with Crippen LogP contribution in [0.5, 0.6) is 0 Å². The van der Waals surface area contributed by atoms with Crippen LogP contribution in [0.3, 0.4) is 0 Å². The molecule has 1 fully saturated rings. The number of amides is 3. The van der Waals surface area contributed by atoms with E-state index in [0.717, 1.165) is 11.3 Å². The molecule has 1 aromatic carbocycles. The van der Waals surface area contributed by atoms with Crippen LogP contribution in [0.2, 0.25) is 0 Å². The Labute approximate surface area is 235 Å². The molecule has 216 valence electrons. The molecule has 1 aliphatic heterocycles. The first-order valence-corrected chi connectivity index (χ1v) is 14.8. The standard InChI is InChI=1S/C23H30FN5O3.C3H8ClNOS/c1-16-5-6-19(14-25-16)26-21(30)27-20-12-17(11-18(24)13-20)15-28-7-9-29(10-8-28)22(31)32-23(2,3)4;1-5(2)7(3,4)6/h5-6,11-14H,7-10,15H2,1-4H3,(H2,26,27,30);3H2,1-2H3. The highest BCUT2D eigenvalue weighted by Gasteiger charge is 2.26. The highest BCUT2D eigenvalue weighted by molar-refractivity contribution is 8.19. The van der Waals surface area contributed by atoms with Gasteiger partial charge >= 0.3 is 12.1 Å². The largest absolute Gasteiger partial charge is 0.444 e. The smallest absolute Gasteiger partial charge is 0.410 e. The lowest BCUT2D eigenvalue weighted by Crippen LogP contribution is -2.49. The molecule has 13 heteroatoms. The monoisotopic (exact) mass is 584 g/mol. The molecule has 2 aromatic rings. The maximum atomic E-state index is 14.2. The number of aromatic nitrogens is 1. The van der Waals surface area contributed by atoms with Gasteiger partial charge in [-0.05, 0) is 94.2 Å². The molecule has 1 atom stereocenters. The molecular formula is C26H38ClFN6O4S. The van der Waals surface area contributed by atoms with E-state index in [1.807, 2.05) is 27.7 Å². The Bertz CT molecular complexity index is 1230. The molecule has 0 aliphatic carbocycles. The number of urea groups is 1. The van der Waals surface area contributed by atoms with E-state index in [1.165, 1.54) is 16.4 Å². The van der Waals surface area contributed by atoms with Crippen molar-refractivity contribution >= 4 is 49.0 Å². The van der Waals surface area contributed by atoms with E-state index in [9.17, 15) is 18.2 Å². The SMILES string of the molecule is C=S(=O)(Cl)N(C)C.Cc1ccc(NC(=O)Nc2cc(F)cc(CN3CCN(C(=O)OC(C)(C)C)CC3)c2)cn1.